The number of phosphoric ester groups is 1. The first kappa shape index (κ1) is 51.9. The normalized spacial score (nSPS) is 15.0. The molecule has 0 aliphatic heterocycles. The van der Waals surface area contributed by atoms with E-state index in [9.17, 15) is 29.3 Å². The van der Waals surface area contributed by atoms with Crippen molar-refractivity contribution >= 4 is 19.8 Å². The lowest BCUT2D eigenvalue weighted by Gasteiger charge is -2.20. The van der Waals surface area contributed by atoms with Gasteiger partial charge in [-0.2, -0.15) is 0 Å². The van der Waals surface area contributed by atoms with Gasteiger partial charge in [0.25, 0.3) is 0 Å². The van der Waals surface area contributed by atoms with E-state index in [4.69, 9.17) is 19.1 Å². The molecule has 0 radical (unpaired) electrons. The minimum absolute atomic E-state index is 0.153. The van der Waals surface area contributed by atoms with Crippen LogP contribution in [-0.2, 0) is 32.7 Å². The molecule has 2 unspecified atom stereocenters. The average Bonchev–Trinajstić information content (AvgIpc) is 3.15. The number of carbonyl (C=O) groups is 2. The molecule has 0 saturated carbocycles. The van der Waals surface area contributed by atoms with Crippen molar-refractivity contribution in [2.45, 2.75) is 180 Å². The van der Waals surface area contributed by atoms with Gasteiger partial charge in [0.1, 0.15) is 12.7 Å². The molecule has 0 aromatic carbocycles. The zero-order valence-corrected chi connectivity index (χ0v) is 34.4. The molecule has 4 atom stereocenters. The molecule has 0 spiro atoms. The summed E-state index contributed by atoms with van der Waals surface area (Å²) >= 11 is 0. The number of unbranched alkanes of at least 4 members (excludes halogenated alkanes) is 15. The number of hydrogen-bond donors (Lipinski definition) is 4. The highest BCUT2D eigenvalue weighted by Gasteiger charge is 2.27. The average molecular weight is 787 g/mol. The van der Waals surface area contributed by atoms with Crippen LogP contribution in [0.25, 0.3) is 0 Å². The molecule has 314 valence electrons. The molecule has 12 heteroatoms. The van der Waals surface area contributed by atoms with Gasteiger partial charge < -0.3 is 29.7 Å². The molecule has 0 heterocycles. The van der Waals surface area contributed by atoms with E-state index in [1.54, 1.807) is 6.08 Å². The summed E-state index contributed by atoms with van der Waals surface area (Å²) in [5, 5.41) is 28.4. The number of aliphatic hydroxyl groups is 3. The summed E-state index contributed by atoms with van der Waals surface area (Å²) in [5.74, 6) is -1.01. The van der Waals surface area contributed by atoms with E-state index >= 15 is 0 Å². The van der Waals surface area contributed by atoms with Gasteiger partial charge in [0, 0.05) is 12.8 Å². The second kappa shape index (κ2) is 37.8. The Morgan fingerprint density at radius 3 is 1.85 bits per heavy atom. The molecule has 54 heavy (non-hydrogen) atoms. The number of esters is 2. The fourth-order valence-electron chi connectivity index (χ4n) is 5.35. The van der Waals surface area contributed by atoms with Crippen LogP contribution in [0.15, 0.2) is 48.6 Å². The zero-order valence-electron chi connectivity index (χ0n) is 33.5. The van der Waals surface area contributed by atoms with Crippen LogP contribution in [-0.4, -0.2) is 76.9 Å². The van der Waals surface area contributed by atoms with Gasteiger partial charge in [0.2, 0.25) is 0 Å². The minimum atomic E-state index is -4.64. The predicted octanol–water partition coefficient (Wildman–Crippen LogP) is 9.53. The number of allylic oxidation sites excluding steroid dienone is 7. The standard InChI is InChI=1S/C42H75O11P/c1-3-5-7-9-11-12-13-14-15-16-17-18-20-24-29-33-42(47)53-40(37-52-54(48,49)51-35-39(45)34-43)36-50-41(46)32-28-25-21-23-27-31-38(44)30-26-22-19-10-8-6-4-2/h6,8,14-15,19,22,26,30,38-40,43-45H,3-5,7,9-13,16-18,20-21,23-25,27-29,31-37H2,1-2H3,(H,48,49)/b8-6+,15-14-,22-19+,30-26+/t38?,39-,40+/m0/s1. The van der Waals surface area contributed by atoms with Crippen LogP contribution in [0.5, 0.6) is 0 Å². The van der Waals surface area contributed by atoms with Gasteiger partial charge in [-0.15, -0.1) is 0 Å². The molecule has 4 N–H and O–H groups in total. The van der Waals surface area contributed by atoms with Crippen molar-refractivity contribution < 1.29 is 52.9 Å². The van der Waals surface area contributed by atoms with Crippen molar-refractivity contribution in [3.05, 3.63) is 48.6 Å². The van der Waals surface area contributed by atoms with Gasteiger partial charge in [-0.05, 0) is 57.8 Å². The first-order valence-electron chi connectivity index (χ1n) is 20.7. The molecular weight excluding hydrogens is 711 g/mol. The van der Waals surface area contributed by atoms with Crippen LogP contribution in [0, 0.1) is 0 Å². The van der Waals surface area contributed by atoms with Crippen LogP contribution in [0.3, 0.4) is 0 Å². The van der Waals surface area contributed by atoms with Gasteiger partial charge in [-0.3, -0.25) is 18.6 Å². The van der Waals surface area contributed by atoms with Crippen molar-refractivity contribution in [1.29, 1.82) is 0 Å². The Morgan fingerprint density at radius 1 is 0.648 bits per heavy atom. The third-order valence-electron chi connectivity index (χ3n) is 8.57. The highest BCUT2D eigenvalue weighted by molar-refractivity contribution is 7.47. The van der Waals surface area contributed by atoms with E-state index in [-0.39, 0.29) is 19.4 Å². The number of ether oxygens (including phenoxy) is 2. The lowest BCUT2D eigenvalue weighted by Crippen LogP contribution is -2.29. The van der Waals surface area contributed by atoms with Gasteiger partial charge in [-0.1, -0.05) is 140 Å². The van der Waals surface area contributed by atoms with Crippen molar-refractivity contribution in [1.82, 2.24) is 0 Å². The Hall–Kier alpha value is -2.11. The topological polar surface area (TPSA) is 169 Å². The van der Waals surface area contributed by atoms with Crippen LogP contribution in [0.1, 0.15) is 162 Å². The maximum Gasteiger partial charge on any atom is 0.472 e. The molecule has 0 aliphatic rings. The Bertz CT molecular complexity index is 1060. The van der Waals surface area contributed by atoms with Crippen molar-refractivity contribution in [3.8, 4) is 0 Å². The molecule has 0 amide bonds. The van der Waals surface area contributed by atoms with Gasteiger partial charge in [0.05, 0.1) is 25.9 Å². The van der Waals surface area contributed by atoms with E-state index in [1.807, 2.05) is 18.2 Å². The molecule has 0 bridgehead atoms. The smallest absolute Gasteiger partial charge is 0.462 e. The quantitative estimate of drug-likeness (QED) is 0.0155. The molecule has 0 saturated heterocycles. The third kappa shape index (κ3) is 36.8. The molecular formula is C42H75O11P. The third-order valence-corrected chi connectivity index (χ3v) is 9.52. The Kier molecular flexibility index (Phi) is 36.3. The fourth-order valence-corrected chi connectivity index (χ4v) is 6.14. The number of rotatable bonds is 38. The van der Waals surface area contributed by atoms with Crippen molar-refractivity contribution in [2.24, 2.45) is 0 Å². The zero-order chi connectivity index (χ0) is 40.0. The SMILES string of the molecule is CC/C=C/C/C=C/C=C/C(O)CCCCCCCC(=O)OC[C@H](COP(=O)(O)OC[C@@H](O)CO)OC(=O)CCCCCCC/C=C\CCCCCCCC. The first-order chi connectivity index (χ1) is 26.1. The molecule has 0 fully saturated rings. The predicted molar refractivity (Wildman–Crippen MR) is 216 cm³/mol. The van der Waals surface area contributed by atoms with Gasteiger partial charge in [-0.25, -0.2) is 4.57 Å². The molecule has 0 aliphatic carbocycles. The minimum Gasteiger partial charge on any atom is -0.462 e. The summed E-state index contributed by atoms with van der Waals surface area (Å²) in [4.78, 5) is 34.9. The number of carbonyl (C=O) groups excluding carboxylic acids is 2. The summed E-state index contributed by atoms with van der Waals surface area (Å²) in [5.41, 5.74) is 0. The number of phosphoric acid groups is 1. The molecule has 0 rings (SSSR count). The van der Waals surface area contributed by atoms with E-state index in [0.717, 1.165) is 77.0 Å². The summed E-state index contributed by atoms with van der Waals surface area (Å²) < 4.78 is 32.6. The highest BCUT2D eigenvalue weighted by atomic mass is 31.2. The summed E-state index contributed by atoms with van der Waals surface area (Å²) in [6.07, 6.45) is 35.2. The van der Waals surface area contributed by atoms with Crippen LogP contribution in [0.4, 0.5) is 0 Å². The number of hydrogen-bond acceptors (Lipinski definition) is 10. The van der Waals surface area contributed by atoms with E-state index in [0.29, 0.717) is 19.3 Å². The van der Waals surface area contributed by atoms with Crippen LogP contribution >= 0.6 is 7.82 Å². The summed E-state index contributed by atoms with van der Waals surface area (Å²) in [7, 11) is -4.64. The van der Waals surface area contributed by atoms with Gasteiger partial charge in [0.15, 0.2) is 6.10 Å². The van der Waals surface area contributed by atoms with E-state index in [1.165, 1.54) is 38.5 Å². The highest BCUT2D eigenvalue weighted by Crippen LogP contribution is 2.43. The molecule has 0 aromatic rings. The lowest BCUT2D eigenvalue weighted by atomic mass is 10.1. The summed E-state index contributed by atoms with van der Waals surface area (Å²) in [6.45, 7) is 2.11. The Balaban J connectivity index is 4.43. The molecule has 11 nitrogen and oxygen atoms in total. The van der Waals surface area contributed by atoms with E-state index in [2.05, 4.69) is 42.7 Å². The van der Waals surface area contributed by atoms with Crippen molar-refractivity contribution in [3.63, 3.8) is 0 Å². The lowest BCUT2D eigenvalue weighted by molar-refractivity contribution is -0.161. The van der Waals surface area contributed by atoms with Crippen molar-refractivity contribution in [2.75, 3.05) is 26.4 Å². The Labute approximate surface area is 326 Å². The Morgan fingerprint density at radius 2 is 1.22 bits per heavy atom. The second-order valence-electron chi connectivity index (χ2n) is 13.8. The maximum absolute atomic E-state index is 12.6. The fraction of sp³-hybridized carbons (Fsp3) is 0.762. The summed E-state index contributed by atoms with van der Waals surface area (Å²) in [6, 6.07) is 0. The van der Waals surface area contributed by atoms with Gasteiger partial charge >= 0.3 is 19.8 Å². The monoisotopic (exact) mass is 787 g/mol. The molecule has 0 aromatic heterocycles. The van der Waals surface area contributed by atoms with E-state index < -0.39 is 57.9 Å². The maximum atomic E-state index is 12.6. The second-order valence-corrected chi connectivity index (χ2v) is 15.3. The van der Waals surface area contributed by atoms with Crippen LogP contribution < -0.4 is 0 Å². The number of aliphatic hydroxyl groups excluding tert-OH is 3. The first-order valence-corrected chi connectivity index (χ1v) is 22.2. The largest absolute Gasteiger partial charge is 0.472 e. The van der Waals surface area contributed by atoms with Crippen LogP contribution in [0.2, 0.25) is 0 Å².